The van der Waals surface area contributed by atoms with E-state index in [1.165, 1.54) is 24.3 Å². The summed E-state index contributed by atoms with van der Waals surface area (Å²) in [6, 6.07) is 6.51. The van der Waals surface area contributed by atoms with Crippen LogP contribution in [0, 0.1) is 0 Å². The van der Waals surface area contributed by atoms with E-state index in [0.717, 1.165) is 25.1 Å². The second-order valence-electron chi connectivity index (χ2n) is 3.92. The second-order valence-corrected chi connectivity index (χ2v) is 4.90. The minimum Gasteiger partial charge on any atom is -0.313 e. The number of hydrogen-bond acceptors (Lipinski definition) is 2. The van der Waals surface area contributed by atoms with E-state index in [-0.39, 0.29) is 5.56 Å². The molecule has 17 heavy (non-hydrogen) atoms. The molecule has 4 heteroatoms. The summed E-state index contributed by atoms with van der Waals surface area (Å²) in [6.45, 7) is 1.74. The molecule has 0 aliphatic rings. The summed E-state index contributed by atoms with van der Waals surface area (Å²) >= 11 is 1.86. The maximum atomic E-state index is 12.3. The summed E-state index contributed by atoms with van der Waals surface area (Å²) in [5.74, 6) is 1.20. The van der Waals surface area contributed by atoms with Gasteiger partial charge in [-0.05, 0) is 37.0 Å². The van der Waals surface area contributed by atoms with E-state index in [9.17, 15) is 8.78 Å². The van der Waals surface area contributed by atoms with Crippen molar-refractivity contribution in [1.82, 2.24) is 5.32 Å². The Bertz CT molecular complexity index is 301. The maximum absolute atomic E-state index is 12.3. The molecule has 0 unspecified atom stereocenters. The molecule has 0 atom stereocenters. The Balaban J connectivity index is 2.19. The molecule has 1 aromatic carbocycles. The fourth-order valence-corrected chi connectivity index (χ4v) is 2.00. The summed E-state index contributed by atoms with van der Waals surface area (Å²) in [5.41, 5.74) is 1.15. The van der Waals surface area contributed by atoms with Crippen molar-refractivity contribution >= 4 is 11.8 Å². The highest BCUT2D eigenvalue weighted by Gasteiger charge is 2.05. The van der Waals surface area contributed by atoms with Crippen LogP contribution in [-0.4, -0.2) is 18.6 Å². The van der Waals surface area contributed by atoms with Gasteiger partial charge in [-0.25, -0.2) is 8.78 Å². The van der Waals surface area contributed by atoms with Gasteiger partial charge < -0.3 is 5.32 Å². The smallest absolute Gasteiger partial charge is 0.263 e. The van der Waals surface area contributed by atoms with Gasteiger partial charge in [0.25, 0.3) is 6.43 Å². The fraction of sp³-hybridized carbons (Fsp3) is 0.538. The lowest BCUT2D eigenvalue weighted by atomic mass is 10.1. The van der Waals surface area contributed by atoms with Crippen LogP contribution in [0.1, 0.15) is 30.4 Å². The molecule has 0 fully saturated rings. The van der Waals surface area contributed by atoms with Crippen molar-refractivity contribution in [1.29, 1.82) is 0 Å². The molecule has 1 aromatic rings. The van der Waals surface area contributed by atoms with Crippen molar-refractivity contribution in [3.8, 4) is 0 Å². The van der Waals surface area contributed by atoms with Crippen molar-refractivity contribution in [2.45, 2.75) is 25.8 Å². The lowest BCUT2D eigenvalue weighted by Gasteiger charge is -2.05. The van der Waals surface area contributed by atoms with E-state index >= 15 is 0 Å². The third kappa shape index (κ3) is 6.03. The fourth-order valence-electron chi connectivity index (χ4n) is 1.51. The van der Waals surface area contributed by atoms with Crippen molar-refractivity contribution < 1.29 is 8.78 Å². The van der Waals surface area contributed by atoms with Crippen LogP contribution >= 0.6 is 11.8 Å². The molecular weight excluding hydrogens is 240 g/mol. The molecule has 0 spiro atoms. The van der Waals surface area contributed by atoms with E-state index in [2.05, 4.69) is 11.6 Å². The van der Waals surface area contributed by atoms with Crippen LogP contribution in [0.5, 0.6) is 0 Å². The average molecular weight is 259 g/mol. The Labute approximate surface area is 106 Å². The highest BCUT2D eigenvalue weighted by Crippen LogP contribution is 2.18. The lowest BCUT2D eigenvalue weighted by molar-refractivity contribution is 0.151. The summed E-state index contributed by atoms with van der Waals surface area (Å²) in [7, 11) is 0. The first-order valence-electron chi connectivity index (χ1n) is 5.80. The molecule has 0 aliphatic heterocycles. The third-order valence-electron chi connectivity index (χ3n) is 2.51. The van der Waals surface area contributed by atoms with Gasteiger partial charge >= 0.3 is 0 Å². The Morgan fingerprint density at radius 1 is 1.18 bits per heavy atom. The Morgan fingerprint density at radius 2 is 1.88 bits per heavy atom. The molecule has 0 saturated heterocycles. The monoisotopic (exact) mass is 259 g/mol. The molecule has 1 rings (SSSR count). The van der Waals surface area contributed by atoms with Gasteiger partial charge in [-0.15, -0.1) is 0 Å². The number of hydrogen-bond donors (Lipinski definition) is 1. The van der Waals surface area contributed by atoms with Gasteiger partial charge in [-0.1, -0.05) is 24.3 Å². The molecule has 0 aliphatic carbocycles. The quantitative estimate of drug-likeness (QED) is 0.712. The molecule has 96 valence electrons. The van der Waals surface area contributed by atoms with Crippen LogP contribution in [0.25, 0.3) is 0 Å². The summed E-state index contributed by atoms with van der Waals surface area (Å²) < 4.78 is 24.6. The minimum absolute atomic E-state index is 0.0914. The van der Waals surface area contributed by atoms with Crippen LogP contribution in [0.3, 0.4) is 0 Å². The normalized spacial score (nSPS) is 11.1. The van der Waals surface area contributed by atoms with E-state index in [1.807, 2.05) is 11.8 Å². The number of benzene rings is 1. The summed E-state index contributed by atoms with van der Waals surface area (Å²) in [6.07, 6.45) is 2.12. The Hall–Kier alpha value is -0.610. The zero-order valence-corrected chi connectivity index (χ0v) is 10.9. The molecule has 0 heterocycles. The first-order valence-corrected chi connectivity index (χ1v) is 7.20. The molecule has 0 amide bonds. The van der Waals surface area contributed by atoms with Gasteiger partial charge in [0.15, 0.2) is 0 Å². The summed E-state index contributed by atoms with van der Waals surface area (Å²) in [5, 5.41) is 3.31. The first kappa shape index (κ1) is 14.5. The van der Waals surface area contributed by atoms with Gasteiger partial charge in [0.1, 0.15) is 0 Å². The number of halogens is 2. The Morgan fingerprint density at radius 3 is 2.47 bits per heavy atom. The number of thioether (sulfide) groups is 1. The van der Waals surface area contributed by atoms with E-state index in [0.29, 0.717) is 0 Å². The molecule has 0 aromatic heterocycles. The van der Waals surface area contributed by atoms with E-state index in [4.69, 9.17) is 0 Å². The van der Waals surface area contributed by atoms with E-state index < -0.39 is 6.43 Å². The molecule has 1 N–H and O–H groups in total. The maximum Gasteiger partial charge on any atom is 0.263 e. The van der Waals surface area contributed by atoms with Gasteiger partial charge in [-0.2, -0.15) is 11.8 Å². The van der Waals surface area contributed by atoms with Crippen LogP contribution in [0.4, 0.5) is 8.78 Å². The zero-order chi connectivity index (χ0) is 12.5. The third-order valence-corrected chi connectivity index (χ3v) is 3.21. The molecule has 0 saturated carbocycles. The van der Waals surface area contributed by atoms with Gasteiger partial charge in [-0.3, -0.25) is 0 Å². The highest BCUT2D eigenvalue weighted by atomic mass is 32.2. The molecule has 1 nitrogen and oxygen atoms in total. The molecule has 0 bridgehead atoms. The molecule has 0 radical (unpaired) electrons. The second kappa shape index (κ2) is 8.48. The predicted molar refractivity (Wildman–Crippen MR) is 70.7 cm³/mol. The van der Waals surface area contributed by atoms with Crippen molar-refractivity contribution in [3.63, 3.8) is 0 Å². The van der Waals surface area contributed by atoms with Gasteiger partial charge in [0.05, 0.1) is 0 Å². The number of nitrogens with one attached hydrogen (secondary N) is 1. The Kier molecular flexibility index (Phi) is 7.21. The number of rotatable bonds is 8. The van der Waals surface area contributed by atoms with Crippen LogP contribution in [0.15, 0.2) is 24.3 Å². The minimum atomic E-state index is -2.37. The standard InChI is InChI=1S/C13H19F2NS/c1-17-9-3-2-8-16-10-11-4-6-12(7-5-11)13(14)15/h4-7,13,16H,2-3,8-10H2,1H3. The topological polar surface area (TPSA) is 12.0 Å². The highest BCUT2D eigenvalue weighted by molar-refractivity contribution is 7.98. The van der Waals surface area contributed by atoms with Crippen molar-refractivity contribution in [3.05, 3.63) is 35.4 Å². The number of alkyl halides is 2. The van der Waals surface area contributed by atoms with Crippen molar-refractivity contribution in [2.75, 3.05) is 18.6 Å². The first-order chi connectivity index (χ1) is 8.24. The van der Waals surface area contributed by atoms with Crippen LogP contribution in [-0.2, 0) is 6.54 Å². The van der Waals surface area contributed by atoms with E-state index in [1.54, 1.807) is 12.1 Å². The summed E-state index contributed by atoms with van der Waals surface area (Å²) in [4.78, 5) is 0. The van der Waals surface area contributed by atoms with Gasteiger partial charge in [0.2, 0.25) is 0 Å². The largest absolute Gasteiger partial charge is 0.313 e. The number of unbranched alkanes of at least 4 members (excludes halogenated alkanes) is 1. The SMILES string of the molecule is CSCCCCNCc1ccc(C(F)F)cc1. The predicted octanol–water partition coefficient (Wildman–Crippen LogP) is 3.86. The van der Waals surface area contributed by atoms with Crippen LogP contribution in [0.2, 0.25) is 0 Å². The van der Waals surface area contributed by atoms with Crippen molar-refractivity contribution in [2.24, 2.45) is 0 Å². The molecular formula is C13H19F2NS. The van der Waals surface area contributed by atoms with Gasteiger partial charge in [0, 0.05) is 12.1 Å². The van der Waals surface area contributed by atoms with Crippen LogP contribution < -0.4 is 5.32 Å². The lowest BCUT2D eigenvalue weighted by Crippen LogP contribution is -2.14. The zero-order valence-electron chi connectivity index (χ0n) is 10.1. The average Bonchev–Trinajstić information content (AvgIpc) is 2.34.